The van der Waals surface area contributed by atoms with Crippen molar-refractivity contribution in [2.45, 2.75) is 19.4 Å². The zero-order chi connectivity index (χ0) is 7.56. The lowest BCUT2D eigenvalue weighted by molar-refractivity contribution is 0.712. The first kappa shape index (κ1) is 8.05. The number of hydrogen-bond donors (Lipinski definition) is 1. The Morgan fingerprint density at radius 2 is 2.50 bits per heavy atom. The van der Waals surface area contributed by atoms with E-state index in [9.17, 15) is 0 Å². The van der Waals surface area contributed by atoms with Gasteiger partial charge in [-0.3, -0.25) is 0 Å². The largest absolute Gasteiger partial charge is 0.323 e. The van der Waals surface area contributed by atoms with E-state index in [1.165, 1.54) is 0 Å². The summed E-state index contributed by atoms with van der Waals surface area (Å²) >= 11 is 7.47. The Morgan fingerprint density at radius 1 is 1.80 bits per heavy atom. The van der Waals surface area contributed by atoms with Crippen LogP contribution in [0.4, 0.5) is 0 Å². The summed E-state index contributed by atoms with van der Waals surface area (Å²) in [5, 5.41) is 2.77. The van der Waals surface area contributed by atoms with Crippen molar-refractivity contribution < 1.29 is 0 Å². The molecule has 1 rings (SSSR count). The van der Waals surface area contributed by atoms with E-state index in [1.54, 1.807) is 11.3 Å². The highest BCUT2D eigenvalue weighted by Crippen LogP contribution is 2.28. The van der Waals surface area contributed by atoms with E-state index in [-0.39, 0.29) is 6.04 Å². The Morgan fingerprint density at radius 3 is 2.90 bits per heavy atom. The van der Waals surface area contributed by atoms with Crippen LogP contribution in [-0.4, -0.2) is 0 Å². The van der Waals surface area contributed by atoms with Gasteiger partial charge in [-0.15, -0.1) is 11.3 Å². The predicted octanol–water partition coefficient (Wildman–Crippen LogP) is 2.81. The second-order valence-electron chi connectivity index (χ2n) is 2.15. The molecule has 0 fully saturated rings. The SMILES string of the molecule is CC[C@H](N)c1sccc1Cl. The first-order valence-electron chi connectivity index (χ1n) is 3.24. The smallest absolute Gasteiger partial charge is 0.0561 e. The quantitative estimate of drug-likeness (QED) is 0.735. The van der Waals surface area contributed by atoms with Gasteiger partial charge < -0.3 is 5.73 Å². The summed E-state index contributed by atoms with van der Waals surface area (Å²) in [4.78, 5) is 1.10. The number of hydrogen-bond acceptors (Lipinski definition) is 2. The minimum Gasteiger partial charge on any atom is -0.323 e. The normalized spacial score (nSPS) is 13.5. The number of thiophene rings is 1. The lowest BCUT2D eigenvalue weighted by Gasteiger charge is -2.04. The second kappa shape index (κ2) is 3.37. The molecule has 3 heteroatoms. The number of halogens is 1. The van der Waals surface area contributed by atoms with E-state index in [4.69, 9.17) is 17.3 Å². The molecule has 0 aliphatic carbocycles. The molecule has 0 spiro atoms. The fourth-order valence-corrected chi connectivity index (χ4v) is 2.04. The van der Waals surface area contributed by atoms with Gasteiger partial charge in [0.1, 0.15) is 0 Å². The van der Waals surface area contributed by atoms with Gasteiger partial charge in [-0.2, -0.15) is 0 Å². The molecule has 2 N–H and O–H groups in total. The molecule has 0 bridgehead atoms. The van der Waals surface area contributed by atoms with E-state index in [0.29, 0.717) is 0 Å². The Balaban J connectivity index is 2.82. The summed E-state index contributed by atoms with van der Waals surface area (Å²) < 4.78 is 0. The van der Waals surface area contributed by atoms with Crippen molar-refractivity contribution >= 4 is 22.9 Å². The molecule has 56 valence electrons. The zero-order valence-corrected chi connectivity index (χ0v) is 7.38. The van der Waals surface area contributed by atoms with Crippen molar-refractivity contribution in [2.24, 2.45) is 5.73 Å². The van der Waals surface area contributed by atoms with Gasteiger partial charge in [-0.05, 0) is 17.9 Å². The standard InChI is InChI=1S/C7H10ClNS/c1-2-6(9)7-5(8)3-4-10-7/h3-4,6H,2,9H2,1H3/t6-/m0/s1. The fourth-order valence-electron chi connectivity index (χ4n) is 0.755. The summed E-state index contributed by atoms with van der Waals surface area (Å²) in [6.07, 6.45) is 0.945. The van der Waals surface area contributed by atoms with E-state index in [1.807, 2.05) is 11.4 Å². The second-order valence-corrected chi connectivity index (χ2v) is 3.50. The van der Waals surface area contributed by atoms with Crippen molar-refractivity contribution in [1.29, 1.82) is 0 Å². The van der Waals surface area contributed by atoms with Crippen LogP contribution in [0.1, 0.15) is 24.3 Å². The average molecular weight is 176 g/mol. The molecule has 0 aromatic carbocycles. The third kappa shape index (κ3) is 1.51. The Bertz CT molecular complexity index is 209. The van der Waals surface area contributed by atoms with Crippen molar-refractivity contribution in [3.05, 3.63) is 21.3 Å². The molecule has 0 aliphatic rings. The lowest BCUT2D eigenvalue weighted by atomic mass is 10.2. The molecular formula is C7H10ClNS. The van der Waals surface area contributed by atoms with Crippen LogP contribution in [0.3, 0.4) is 0 Å². The molecule has 0 saturated carbocycles. The van der Waals surface area contributed by atoms with Crippen LogP contribution >= 0.6 is 22.9 Å². The highest BCUT2D eigenvalue weighted by atomic mass is 35.5. The predicted molar refractivity (Wildman–Crippen MR) is 46.5 cm³/mol. The van der Waals surface area contributed by atoms with Crippen LogP contribution in [-0.2, 0) is 0 Å². The van der Waals surface area contributed by atoms with Crippen LogP contribution < -0.4 is 5.73 Å². The molecule has 0 aliphatic heterocycles. The number of nitrogens with two attached hydrogens (primary N) is 1. The Labute approximate surface area is 69.8 Å². The van der Waals surface area contributed by atoms with E-state index >= 15 is 0 Å². The Kier molecular flexibility index (Phi) is 2.72. The zero-order valence-electron chi connectivity index (χ0n) is 5.80. The van der Waals surface area contributed by atoms with Crippen LogP contribution in [0.2, 0.25) is 5.02 Å². The third-order valence-corrected chi connectivity index (χ3v) is 2.91. The van der Waals surface area contributed by atoms with Gasteiger partial charge >= 0.3 is 0 Å². The van der Waals surface area contributed by atoms with Gasteiger partial charge in [0.2, 0.25) is 0 Å². The van der Waals surface area contributed by atoms with Crippen LogP contribution in [0.15, 0.2) is 11.4 Å². The fraction of sp³-hybridized carbons (Fsp3) is 0.429. The summed E-state index contributed by atoms with van der Waals surface area (Å²) in [5.41, 5.74) is 5.77. The molecule has 1 atom stereocenters. The van der Waals surface area contributed by atoms with E-state index in [2.05, 4.69) is 6.92 Å². The van der Waals surface area contributed by atoms with Crippen molar-refractivity contribution in [1.82, 2.24) is 0 Å². The molecule has 0 unspecified atom stereocenters. The first-order chi connectivity index (χ1) is 4.75. The Hall–Kier alpha value is -0.0500. The first-order valence-corrected chi connectivity index (χ1v) is 4.50. The van der Waals surface area contributed by atoms with Crippen molar-refractivity contribution in [3.8, 4) is 0 Å². The lowest BCUT2D eigenvalue weighted by Crippen LogP contribution is -2.06. The minimum atomic E-state index is 0.118. The molecule has 0 amide bonds. The van der Waals surface area contributed by atoms with Gasteiger partial charge in [0.05, 0.1) is 5.02 Å². The maximum atomic E-state index is 5.84. The third-order valence-electron chi connectivity index (χ3n) is 1.42. The average Bonchev–Trinajstić information content (AvgIpc) is 2.34. The summed E-state index contributed by atoms with van der Waals surface area (Å²) in [6, 6.07) is 2.00. The molecule has 1 aromatic heterocycles. The monoisotopic (exact) mass is 175 g/mol. The molecule has 0 radical (unpaired) electrons. The molecule has 1 aromatic rings. The van der Waals surface area contributed by atoms with Gasteiger partial charge in [-0.1, -0.05) is 18.5 Å². The summed E-state index contributed by atoms with van der Waals surface area (Å²) in [5.74, 6) is 0. The highest BCUT2D eigenvalue weighted by molar-refractivity contribution is 7.10. The number of rotatable bonds is 2. The minimum absolute atomic E-state index is 0.118. The van der Waals surface area contributed by atoms with Crippen LogP contribution in [0.5, 0.6) is 0 Å². The van der Waals surface area contributed by atoms with Crippen LogP contribution in [0, 0.1) is 0 Å². The van der Waals surface area contributed by atoms with Gasteiger partial charge in [0, 0.05) is 10.9 Å². The van der Waals surface area contributed by atoms with Crippen molar-refractivity contribution in [2.75, 3.05) is 0 Å². The topological polar surface area (TPSA) is 26.0 Å². The van der Waals surface area contributed by atoms with E-state index < -0.39 is 0 Å². The van der Waals surface area contributed by atoms with Crippen LogP contribution in [0.25, 0.3) is 0 Å². The molecular weight excluding hydrogens is 166 g/mol. The van der Waals surface area contributed by atoms with Gasteiger partial charge in [0.25, 0.3) is 0 Å². The van der Waals surface area contributed by atoms with E-state index in [0.717, 1.165) is 16.3 Å². The van der Waals surface area contributed by atoms with Gasteiger partial charge in [-0.25, -0.2) is 0 Å². The molecule has 1 nitrogen and oxygen atoms in total. The highest BCUT2D eigenvalue weighted by Gasteiger charge is 2.08. The molecule has 0 saturated heterocycles. The summed E-state index contributed by atoms with van der Waals surface area (Å²) in [6.45, 7) is 2.06. The van der Waals surface area contributed by atoms with Gasteiger partial charge in [0.15, 0.2) is 0 Å². The summed E-state index contributed by atoms with van der Waals surface area (Å²) in [7, 11) is 0. The molecule has 10 heavy (non-hydrogen) atoms. The maximum Gasteiger partial charge on any atom is 0.0561 e. The van der Waals surface area contributed by atoms with Crippen molar-refractivity contribution in [3.63, 3.8) is 0 Å². The maximum absolute atomic E-state index is 5.84. The molecule has 1 heterocycles.